The summed E-state index contributed by atoms with van der Waals surface area (Å²) in [6.45, 7) is 0. The second-order valence-electron chi connectivity index (χ2n) is 5.76. The Bertz CT molecular complexity index is 634. The lowest BCUT2D eigenvalue weighted by Gasteiger charge is -2.22. The van der Waals surface area contributed by atoms with Gasteiger partial charge in [0.1, 0.15) is 5.75 Å². The molecule has 4 N–H and O–H groups in total. The van der Waals surface area contributed by atoms with Gasteiger partial charge in [0.25, 0.3) is 0 Å². The lowest BCUT2D eigenvalue weighted by molar-refractivity contribution is 0.417. The number of thiocarbonyl (C=S) groups is 2. The Morgan fingerprint density at radius 2 is 1.87 bits per heavy atom. The zero-order chi connectivity index (χ0) is 16.2. The third-order valence-corrected chi connectivity index (χ3v) is 4.66. The number of para-hydroxylation sites is 2. The van der Waals surface area contributed by atoms with Crippen LogP contribution in [0.5, 0.6) is 5.75 Å². The van der Waals surface area contributed by atoms with E-state index in [1.807, 2.05) is 24.3 Å². The maximum absolute atomic E-state index is 5.32. The number of hydrogen-bond acceptors (Lipinski definition) is 3. The van der Waals surface area contributed by atoms with Gasteiger partial charge in [-0.3, -0.25) is 10.9 Å². The molecule has 2 aliphatic rings. The number of fused-ring (bicyclic) bond motifs is 2. The molecule has 1 fully saturated rings. The van der Waals surface area contributed by atoms with Crippen molar-refractivity contribution in [3.05, 3.63) is 36.4 Å². The molecule has 0 amide bonds. The average Bonchev–Trinajstić information content (AvgIpc) is 3.16. The highest BCUT2D eigenvalue weighted by molar-refractivity contribution is 7.80. The van der Waals surface area contributed by atoms with Gasteiger partial charge in [-0.25, -0.2) is 0 Å². The fourth-order valence-corrected chi connectivity index (χ4v) is 3.53. The van der Waals surface area contributed by atoms with Crippen molar-refractivity contribution in [1.29, 1.82) is 0 Å². The maximum Gasteiger partial charge on any atom is 0.189 e. The van der Waals surface area contributed by atoms with Crippen molar-refractivity contribution in [3.63, 3.8) is 0 Å². The molecule has 122 valence electrons. The lowest BCUT2D eigenvalue weighted by atomic mass is 10.0. The molecule has 1 aromatic carbocycles. The number of nitrogens with one attached hydrogen (secondary N) is 4. The van der Waals surface area contributed by atoms with Crippen molar-refractivity contribution in [2.45, 2.75) is 18.9 Å². The molecule has 2 aliphatic carbocycles. The minimum atomic E-state index is 0.419. The summed E-state index contributed by atoms with van der Waals surface area (Å²) in [5.41, 5.74) is 6.62. The Labute approximate surface area is 146 Å². The predicted molar refractivity (Wildman–Crippen MR) is 100 cm³/mol. The van der Waals surface area contributed by atoms with Gasteiger partial charge in [0.05, 0.1) is 12.8 Å². The van der Waals surface area contributed by atoms with Gasteiger partial charge in [0.2, 0.25) is 0 Å². The van der Waals surface area contributed by atoms with E-state index in [0.717, 1.165) is 17.9 Å². The van der Waals surface area contributed by atoms with E-state index in [1.165, 1.54) is 6.42 Å². The molecular weight excluding hydrogens is 328 g/mol. The average molecular weight is 348 g/mol. The first kappa shape index (κ1) is 16.0. The Kier molecular flexibility index (Phi) is 4.97. The van der Waals surface area contributed by atoms with E-state index in [9.17, 15) is 0 Å². The highest BCUT2D eigenvalue weighted by atomic mass is 32.1. The molecule has 0 aliphatic heterocycles. The molecule has 0 radical (unpaired) electrons. The smallest absolute Gasteiger partial charge is 0.189 e. The maximum atomic E-state index is 5.32. The van der Waals surface area contributed by atoms with Gasteiger partial charge in [-0.15, -0.1) is 0 Å². The number of allylic oxidation sites excluding steroid dienone is 1. The Morgan fingerprint density at radius 1 is 1.09 bits per heavy atom. The SMILES string of the molecule is COc1ccccc1NC(=S)NNC(=S)N[C@H]1C[C@@H]2C=C[C@H]1C2. The number of methoxy groups -OCH3 is 1. The highest BCUT2D eigenvalue weighted by Crippen LogP contribution is 2.38. The molecule has 1 saturated carbocycles. The van der Waals surface area contributed by atoms with Crippen LogP contribution in [-0.4, -0.2) is 23.4 Å². The summed E-state index contributed by atoms with van der Waals surface area (Å²) in [6.07, 6.45) is 6.98. The highest BCUT2D eigenvalue weighted by Gasteiger charge is 2.35. The van der Waals surface area contributed by atoms with Crippen LogP contribution in [0.15, 0.2) is 36.4 Å². The number of ether oxygens (including phenoxy) is 1. The molecule has 2 bridgehead atoms. The predicted octanol–water partition coefficient (Wildman–Crippen LogP) is 2.33. The van der Waals surface area contributed by atoms with Crippen LogP contribution in [0.2, 0.25) is 0 Å². The van der Waals surface area contributed by atoms with Crippen LogP contribution in [0.25, 0.3) is 0 Å². The van der Waals surface area contributed by atoms with Crippen LogP contribution in [0, 0.1) is 11.8 Å². The van der Waals surface area contributed by atoms with E-state index >= 15 is 0 Å². The van der Waals surface area contributed by atoms with E-state index < -0.39 is 0 Å². The van der Waals surface area contributed by atoms with Crippen LogP contribution in [0.1, 0.15) is 12.8 Å². The molecule has 0 unspecified atom stereocenters. The van der Waals surface area contributed by atoms with E-state index in [2.05, 4.69) is 33.6 Å². The molecule has 23 heavy (non-hydrogen) atoms. The molecule has 0 spiro atoms. The second-order valence-corrected chi connectivity index (χ2v) is 6.58. The summed E-state index contributed by atoms with van der Waals surface area (Å²) in [4.78, 5) is 0. The Morgan fingerprint density at radius 3 is 2.57 bits per heavy atom. The van der Waals surface area contributed by atoms with Crippen LogP contribution in [0.3, 0.4) is 0 Å². The fraction of sp³-hybridized carbons (Fsp3) is 0.375. The summed E-state index contributed by atoms with van der Waals surface area (Å²) in [5, 5.41) is 7.40. The number of hydrogen-bond donors (Lipinski definition) is 4. The molecule has 1 aromatic rings. The molecule has 0 heterocycles. The Hall–Kier alpha value is -1.86. The third kappa shape index (κ3) is 3.92. The first-order valence-electron chi connectivity index (χ1n) is 7.60. The van der Waals surface area contributed by atoms with Gasteiger partial charge in [-0.1, -0.05) is 24.3 Å². The van der Waals surface area contributed by atoms with Crippen LogP contribution in [-0.2, 0) is 0 Å². The van der Waals surface area contributed by atoms with Crippen LogP contribution < -0.4 is 26.2 Å². The monoisotopic (exact) mass is 348 g/mol. The van der Waals surface area contributed by atoms with E-state index in [4.69, 9.17) is 29.2 Å². The number of anilines is 1. The van der Waals surface area contributed by atoms with Crippen LogP contribution >= 0.6 is 24.4 Å². The van der Waals surface area contributed by atoms with Crippen molar-refractivity contribution < 1.29 is 4.74 Å². The first-order chi connectivity index (χ1) is 11.2. The second kappa shape index (κ2) is 7.14. The molecule has 5 nitrogen and oxygen atoms in total. The van der Waals surface area contributed by atoms with Crippen molar-refractivity contribution in [2.75, 3.05) is 12.4 Å². The molecule has 3 rings (SSSR count). The minimum absolute atomic E-state index is 0.419. The summed E-state index contributed by atoms with van der Waals surface area (Å²) in [6, 6.07) is 8.00. The summed E-state index contributed by atoms with van der Waals surface area (Å²) in [7, 11) is 1.62. The summed E-state index contributed by atoms with van der Waals surface area (Å²) >= 11 is 10.6. The standard InChI is InChI=1S/C16H20N4OS2/c1-21-14-5-3-2-4-12(14)17-15(22)19-20-16(23)18-13-9-10-6-7-11(13)8-10/h2-7,10-11,13H,8-9H2,1H3,(H2,17,19,22)(H2,18,20,23)/t10-,11+,13+/m1/s1. The van der Waals surface area contributed by atoms with Crippen molar-refractivity contribution in [3.8, 4) is 5.75 Å². The molecule has 7 heteroatoms. The molecule has 0 aromatic heterocycles. The van der Waals surface area contributed by atoms with Gasteiger partial charge >= 0.3 is 0 Å². The third-order valence-electron chi connectivity index (χ3n) is 4.24. The van der Waals surface area contributed by atoms with Gasteiger partial charge in [-0.05, 0) is 61.2 Å². The van der Waals surface area contributed by atoms with Gasteiger partial charge in [-0.2, -0.15) is 0 Å². The van der Waals surface area contributed by atoms with Gasteiger partial charge < -0.3 is 15.4 Å². The van der Waals surface area contributed by atoms with Gasteiger partial charge in [0, 0.05) is 6.04 Å². The molecule has 3 atom stereocenters. The number of benzene rings is 1. The molecule has 0 saturated heterocycles. The first-order valence-corrected chi connectivity index (χ1v) is 8.42. The lowest BCUT2D eigenvalue weighted by Crippen LogP contribution is -2.51. The minimum Gasteiger partial charge on any atom is -0.495 e. The van der Waals surface area contributed by atoms with Crippen molar-refractivity contribution in [2.24, 2.45) is 11.8 Å². The zero-order valence-electron chi connectivity index (χ0n) is 12.8. The topological polar surface area (TPSA) is 57.4 Å². The van der Waals surface area contributed by atoms with Gasteiger partial charge in [0.15, 0.2) is 10.2 Å². The van der Waals surface area contributed by atoms with E-state index in [-0.39, 0.29) is 0 Å². The van der Waals surface area contributed by atoms with E-state index in [1.54, 1.807) is 7.11 Å². The van der Waals surface area contributed by atoms with Crippen LogP contribution in [0.4, 0.5) is 5.69 Å². The Balaban J connectivity index is 1.43. The normalized spacial score (nSPS) is 24.1. The zero-order valence-corrected chi connectivity index (χ0v) is 14.5. The van der Waals surface area contributed by atoms with E-state index in [0.29, 0.717) is 28.1 Å². The number of rotatable bonds is 3. The fourth-order valence-electron chi connectivity index (χ4n) is 3.17. The largest absolute Gasteiger partial charge is 0.495 e. The quantitative estimate of drug-likeness (QED) is 0.380. The number of hydrazine groups is 1. The summed E-state index contributed by atoms with van der Waals surface area (Å²) < 4.78 is 5.27. The van der Waals surface area contributed by atoms with Crippen molar-refractivity contribution >= 4 is 40.3 Å². The van der Waals surface area contributed by atoms with Crippen molar-refractivity contribution in [1.82, 2.24) is 16.2 Å². The summed E-state index contributed by atoms with van der Waals surface area (Å²) in [5.74, 6) is 2.03. The molecular formula is C16H20N4OS2.